The largest absolute Gasteiger partial charge is 0.465 e. The van der Waals surface area contributed by atoms with E-state index in [0.29, 0.717) is 16.5 Å². The van der Waals surface area contributed by atoms with Gasteiger partial charge >= 0.3 is 11.9 Å². The van der Waals surface area contributed by atoms with Gasteiger partial charge in [-0.2, -0.15) is 0 Å². The molecule has 0 saturated heterocycles. The molecule has 0 fully saturated rings. The minimum atomic E-state index is -0.646. The number of nitro groups is 1. The van der Waals surface area contributed by atoms with Crippen molar-refractivity contribution in [3.8, 4) is 0 Å². The Hall–Kier alpha value is -2.90. The topological polar surface area (TPSA) is 101 Å². The Kier molecular flexibility index (Phi) is 5.64. The number of hydrogen-bond acceptors (Lipinski definition) is 6. The maximum Gasteiger partial charge on any atom is 0.325 e. The smallest absolute Gasteiger partial charge is 0.325 e. The number of nitrogens with zero attached hydrogens (tertiary/aromatic N) is 2. The number of rotatable bonds is 6. The lowest BCUT2D eigenvalue weighted by atomic mass is 10.1. The molecule has 8 nitrogen and oxygen atoms in total. The van der Waals surface area contributed by atoms with Crippen LogP contribution in [-0.4, -0.2) is 33.6 Å². The number of benzene rings is 1. The molecule has 0 atom stereocenters. The second-order valence-electron chi connectivity index (χ2n) is 6.78. The third-order valence-corrected chi connectivity index (χ3v) is 3.53. The first-order valence-corrected chi connectivity index (χ1v) is 8.25. The lowest BCUT2D eigenvalue weighted by Crippen LogP contribution is -2.25. The van der Waals surface area contributed by atoms with E-state index in [1.165, 1.54) is 10.8 Å². The predicted molar refractivity (Wildman–Crippen MR) is 94.8 cm³/mol. The summed E-state index contributed by atoms with van der Waals surface area (Å²) < 4.78 is 11.7. The molecule has 0 aliphatic heterocycles. The van der Waals surface area contributed by atoms with Crippen molar-refractivity contribution >= 4 is 28.5 Å². The van der Waals surface area contributed by atoms with Crippen molar-refractivity contribution in [3.05, 3.63) is 40.1 Å². The molecule has 1 heterocycles. The lowest BCUT2D eigenvalue weighted by Gasteiger charge is -2.19. The summed E-state index contributed by atoms with van der Waals surface area (Å²) in [6.45, 7) is 7.03. The minimum absolute atomic E-state index is 0.0983. The summed E-state index contributed by atoms with van der Waals surface area (Å²) in [5.41, 5.74) is 0.160. The van der Waals surface area contributed by atoms with Gasteiger partial charge in [-0.25, -0.2) is 0 Å². The van der Waals surface area contributed by atoms with Gasteiger partial charge in [0, 0.05) is 0 Å². The van der Waals surface area contributed by atoms with Crippen LogP contribution in [0, 0.1) is 10.1 Å². The molecule has 1 aromatic carbocycles. The molecule has 0 aliphatic carbocycles. The second kappa shape index (κ2) is 7.55. The van der Waals surface area contributed by atoms with Crippen LogP contribution >= 0.6 is 0 Å². The number of carbonyl (C=O) groups excluding carboxylic acids is 2. The molecule has 0 N–H and O–H groups in total. The molecular formula is C18H22N2O6. The van der Waals surface area contributed by atoms with Crippen molar-refractivity contribution in [3.63, 3.8) is 0 Å². The van der Waals surface area contributed by atoms with E-state index in [2.05, 4.69) is 0 Å². The molecular weight excluding hydrogens is 340 g/mol. The van der Waals surface area contributed by atoms with E-state index in [1.807, 2.05) is 0 Å². The molecule has 26 heavy (non-hydrogen) atoms. The standard InChI is InChI=1S/C18H22N2O6/c1-5-25-16(22)11-19-10-14(20(23)24)17-12(7-6-8-13(17)19)9-15(21)26-18(2,3)4/h6-8,10H,5,9,11H2,1-4H3. The van der Waals surface area contributed by atoms with Crippen LogP contribution in [-0.2, 0) is 32.0 Å². The van der Waals surface area contributed by atoms with Gasteiger partial charge in [-0.05, 0) is 39.3 Å². The van der Waals surface area contributed by atoms with Crippen molar-refractivity contribution < 1.29 is 24.0 Å². The number of fused-ring (bicyclic) bond motifs is 1. The summed E-state index contributed by atoms with van der Waals surface area (Å²) in [6, 6.07) is 5.00. The van der Waals surface area contributed by atoms with Gasteiger partial charge in [-0.3, -0.25) is 19.7 Å². The third-order valence-electron chi connectivity index (χ3n) is 3.53. The van der Waals surface area contributed by atoms with E-state index in [-0.39, 0.29) is 25.3 Å². The summed E-state index contributed by atoms with van der Waals surface area (Å²) in [5.74, 6) is -0.964. The highest BCUT2D eigenvalue weighted by Gasteiger charge is 2.24. The Morgan fingerprint density at radius 2 is 1.92 bits per heavy atom. The minimum Gasteiger partial charge on any atom is -0.465 e. The number of hydrogen-bond donors (Lipinski definition) is 0. The molecule has 0 bridgehead atoms. The summed E-state index contributed by atoms with van der Waals surface area (Å²) in [7, 11) is 0. The van der Waals surface area contributed by atoms with Gasteiger partial charge in [0.2, 0.25) is 0 Å². The van der Waals surface area contributed by atoms with Gasteiger partial charge in [-0.1, -0.05) is 12.1 Å². The van der Waals surface area contributed by atoms with Crippen LogP contribution in [0.25, 0.3) is 10.9 Å². The summed E-state index contributed by atoms with van der Waals surface area (Å²) in [6.07, 6.45) is 1.19. The first-order chi connectivity index (χ1) is 12.1. The van der Waals surface area contributed by atoms with Gasteiger partial charge < -0.3 is 14.0 Å². The number of carbonyl (C=O) groups is 2. The average molecular weight is 362 g/mol. The van der Waals surface area contributed by atoms with Crippen LogP contribution in [0.2, 0.25) is 0 Å². The van der Waals surface area contributed by atoms with E-state index < -0.39 is 22.5 Å². The molecule has 0 radical (unpaired) electrons. The molecule has 0 spiro atoms. The van der Waals surface area contributed by atoms with Crippen LogP contribution in [0.5, 0.6) is 0 Å². The summed E-state index contributed by atoms with van der Waals surface area (Å²) in [5, 5.41) is 11.8. The molecule has 140 valence electrons. The zero-order chi connectivity index (χ0) is 19.5. The first kappa shape index (κ1) is 19.4. The summed E-state index contributed by atoms with van der Waals surface area (Å²) in [4.78, 5) is 34.9. The monoisotopic (exact) mass is 362 g/mol. The van der Waals surface area contributed by atoms with Crippen LogP contribution in [0.15, 0.2) is 24.4 Å². The lowest BCUT2D eigenvalue weighted by molar-refractivity contribution is -0.383. The van der Waals surface area contributed by atoms with E-state index in [0.717, 1.165) is 0 Å². The fourth-order valence-corrected chi connectivity index (χ4v) is 2.70. The molecule has 0 saturated carbocycles. The zero-order valence-corrected chi connectivity index (χ0v) is 15.3. The van der Waals surface area contributed by atoms with Gasteiger partial charge in [0.05, 0.1) is 35.1 Å². The maximum atomic E-state index is 12.1. The number of esters is 2. The van der Waals surface area contributed by atoms with E-state index >= 15 is 0 Å². The van der Waals surface area contributed by atoms with Crippen molar-refractivity contribution in [2.75, 3.05) is 6.61 Å². The van der Waals surface area contributed by atoms with Crippen LogP contribution in [0.3, 0.4) is 0 Å². The van der Waals surface area contributed by atoms with E-state index in [9.17, 15) is 19.7 Å². The second-order valence-corrected chi connectivity index (χ2v) is 6.78. The van der Waals surface area contributed by atoms with E-state index in [4.69, 9.17) is 9.47 Å². The average Bonchev–Trinajstić information content (AvgIpc) is 2.85. The van der Waals surface area contributed by atoms with Gasteiger partial charge in [0.1, 0.15) is 12.1 Å². The first-order valence-electron chi connectivity index (χ1n) is 8.25. The van der Waals surface area contributed by atoms with Crippen LogP contribution in [0.1, 0.15) is 33.3 Å². The Labute approximate surface area is 150 Å². The van der Waals surface area contributed by atoms with Crippen molar-refractivity contribution in [1.82, 2.24) is 4.57 Å². The molecule has 0 aliphatic rings. The van der Waals surface area contributed by atoms with Gasteiger partial charge in [0.15, 0.2) is 0 Å². The molecule has 8 heteroatoms. The normalized spacial score (nSPS) is 11.4. The van der Waals surface area contributed by atoms with Gasteiger partial charge in [-0.15, -0.1) is 0 Å². The molecule has 2 rings (SSSR count). The van der Waals surface area contributed by atoms with Crippen LogP contribution in [0.4, 0.5) is 5.69 Å². The maximum absolute atomic E-state index is 12.1. The highest BCUT2D eigenvalue weighted by molar-refractivity contribution is 5.95. The molecule has 2 aromatic rings. The van der Waals surface area contributed by atoms with E-state index in [1.54, 1.807) is 45.9 Å². The number of ether oxygens (including phenoxy) is 2. The van der Waals surface area contributed by atoms with Crippen molar-refractivity contribution in [2.45, 2.75) is 46.3 Å². The fraction of sp³-hybridized carbons (Fsp3) is 0.444. The molecule has 0 amide bonds. The Balaban J connectivity index is 2.46. The third kappa shape index (κ3) is 4.59. The highest BCUT2D eigenvalue weighted by atomic mass is 16.6. The summed E-state index contributed by atoms with van der Waals surface area (Å²) >= 11 is 0. The Morgan fingerprint density at radius 1 is 1.23 bits per heavy atom. The zero-order valence-electron chi connectivity index (χ0n) is 15.3. The predicted octanol–water partition coefficient (Wildman–Crippen LogP) is 3.00. The van der Waals surface area contributed by atoms with Crippen molar-refractivity contribution in [1.29, 1.82) is 0 Å². The Bertz CT molecular complexity index is 847. The fourth-order valence-electron chi connectivity index (χ4n) is 2.70. The quantitative estimate of drug-likeness (QED) is 0.445. The Morgan fingerprint density at radius 3 is 2.50 bits per heavy atom. The highest BCUT2D eigenvalue weighted by Crippen LogP contribution is 2.31. The van der Waals surface area contributed by atoms with Crippen molar-refractivity contribution in [2.24, 2.45) is 0 Å². The molecule has 1 aromatic heterocycles. The van der Waals surface area contributed by atoms with Gasteiger partial charge in [0.25, 0.3) is 5.69 Å². The molecule has 0 unspecified atom stereocenters. The number of aromatic nitrogens is 1. The SMILES string of the molecule is CCOC(=O)Cn1cc([N+](=O)[O-])c2c(CC(=O)OC(C)(C)C)cccc21. The van der Waals surface area contributed by atoms with Crippen LogP contribution < -0.4 is 0 Å².